The highest BCUT2D eigenvalue weighted by atomic mass is 32.2. The molecule has 0 fully saturated rings. The van der Waals surface area contributed by atoms with Crippen LogP contribution in [-0.4, -0.2) is 21.4 Å². The van der Waals surface area contributed by atoms with Gasteiger partial charge in [-0.05, 0) is 66.1 Å². The van der Waals surface area contributed by atoms with Crippen molar-refractivity contribution in [2.75, 3.05) is 16.7 Å². The van der Waals surface area contributed by atoms with E-state index in [0.29, 0.717) is 17.3 Å². The number of carbonyl (C=O) groups excluding carboxylic acids is 1. The summed E-state index contributed by atoms with van der Waals surface area (Å²) in [6.45, 7) is 4.17. The van der Waals surface area contributed by atoms with Crippen molar-refractivity contribution in [3.05, 3.63) is 89.7 Å². The van der Waals surface area contributed by atoms with Gasteiger partial charge in [0.05, 0.1) is 10.6 Å². The van der Waals surface area contributed by atoms with E-state index in [1.807, 2.05) is 24.3 Å². The van der Waals surface area contributed by atoms with Gasteiger partial charge in [-0.25, -0.2) is 12.8 Å². The molecule has 3 aromatic carbocycles. The van der Waals surface area contributed by atoms with Crippen molar-refractivity contribution < 1.29 is 17.6 Å². The normalized spacial score (nSPS) is 11.4. The Labute approximate surface area is 176 Å². The summed E-state index contributed by atoms with van der Waals surface area (Å²) in [6, 6.07) is 18.5. The van der Waals surface area contributed by atoms with Gasteiger partial charge in [0.2, 0.25) is 0 Å². The van der Waals surface area contributed by atoms with E-state index < -0.39 is 21.7 Å². The van der Waals surface area contributed by atoms with Gasteiger partial charge in [-0.2, -0.15) is 0 Å². The maximum absolute atomic E-state index is 13.1. The molecule has 156 valence electrons. The van der Waals surface area contributed by atoms with Crippen LogP contribution in [-0.2, 0) is 10.0 Å². The number of rotatable bonds is 6. The van der Waals surface area contributed by atoms with E-state index in [1.165, 1.54) is 49.5 Å². The molecule has 0 saturated heterocycles. The first-order chi connectivity index (χ1) is 14.2. The molecule has 1 N–H and O–H groups in total. The minimum absolute atomic E-state index is 0.0304. The molecule has 1 amide bonds. The second-order valence-corrected chi connectivity index (χ2v) is 9.18. The number of halogens is 1. The second-order valence-electron chi connectivity index (χ2n) is 7.21. The van der Waals surface area contributed by atoms with E-state index >= 15 is 0 Å². The average molecular weight is 427 g/mol. The Balaban J connectivity index is 1.82. The summed E-state index contributed by atoms with van der Waals surface area (Å²) in [5.41, 5.74) is 2.32. The van der Waals surface area contributed by atoms with E-state index in [4.69, 9.17) is 0 Å². The van der Waals surface area contributed by atoms with E-state index in [9.17, 15) is 17.6 Å². The van der Waals surface area contributed by atoms with Crippen molar-refractivity contribution >= 4 is 27.3 Å². The first kappa shape index (κ1) is 21.5. The predicted octanol–water partition coefficient (Wildman–Crippen LogP) is 5.03. The molecule has 0 saturated carbocycles. The van der Waals surface area contributed by atoms with E-state index in [-0.39, 0.29) is 10.5 Å². The molecule has 3 aromatic rings. The monoisotopic (exact) mass is 426 g/mol. The lowest BCUT2D eigenvalue weighted by atomic mass is 10.0. The molecule has 3 rings (SSSR count). The van der Waals surface area contributed by atoms with Crippen LogP contribution in [0.5, 0.6) is 0 Å². The summed E-state index contributed by atoms with van der Waals surface area (Å²) in [6.07, 6.45) is 0. The van der Waals surface area contributed by atoms with E-state index in [0.717, 1.165) is 9.87 Å². The SMILES string of the molecule is CC(C)c1ccc(NC(=O)c2cccc(S(=O)(=O)N(C)c3ccc(F)cc3)c2)cc1. The molecule has 0 atom stereocenters. The van der Waals surface area contributed by atoms with Gasteiger partial charge in [-0.3, -0.25) is 9.10 Å². The first-order valence-electron chi connectivity index (χ1n) is 9.44. The van der Waals surface area contributed by atoms with Crippen molar-refractivity contribution in [2.45, 2.75) is 24.7 Å². The Morgan fingerprint density at radius 3 is 2.20 bits per heavy atom. The van der Waals surface area contributed by atoms with Crippen LogP contribution >= 0.6 is 0 Å². The van der Waals surface area contributed by atoms with Crippen LogP contribution in [0.1, 0.15) is 35.7 Å². The number of sulfonamides is 1. The van der Waals surface area contributed by atoms with Crippen molar-refractivity contribution in [2.24, 2.45) is 0 Å². The lowest BCUT2D eigenvalue weighted by Crippen LogP contribution is -2.26. The van der Waals surface area contributed by atoms with Crippen LogP contribution in [0.25, 0.3) is 0 Å². The molecule has 0 unspecified atom stereocenters. The maximum atomic E-state index is 13.1. The number of nitrogens with one attached hydrogen (secondary N) is 1. The van der Waals surface area contributed by atoms with E-state index in [2.05, 4.69) is 19.2 Å². The second kappa shape index (κ2) is 8.67. The number of hydrogen-bond acceptors (Lipinski definition) is 3. The zero-order valence-corrected chi connectivity index (χ0v) is 17.8. The fraction of sp³-hybridized carbons (Fsp3) is 0.174. The molecule has 0 aliphatic rings. The number of amides is 1. The van der Waals surface area contributed by atoms with E-state index in [1.54, 1.807) is 6.07 Å². The smallest absolute Gasteiger partial charge is 0.264 e. The molecule has 0 aromatic heterocycles. The Bertz CT molecular complexity index is 1140. The third kappa shape index (κ3) is 4.68. The van der Waals surface area contributed by atoms with Crippen LogP contribution < -0.4 is 9.62 Å². The molecule has 0 radical (unpaired) electrons. The van der Waals surface area contributed by atoms with Gasteiger partial charge in [0.15, 0.2) is 0 Å². The summed E-state index contributed by atoms with van der Waals surface area (Å²) in [5.74, 6) is -0.479. The summed E-state index contributed by atoms with van der Waals surface area (Å²) >= 11 is 0. The van der Waals surface area contributed by atoms with Crippen molar-refractivity contribution in [3.63, 3.8) is 0 Å². The molecule has 0 spiro atoms. The molecule has 0 heterocycles. The quantitative estimate of drug-likeness (QED) is 0.601. The highest BCUT2D eigenvalue weighted by molar-refractivity contribution is 7.92. The van der Waals surface area contributed by atoms with Crippen LogP contribution in [0.15, 0.2) is 77.7 Å². The Hall–Kier alpha value is -3.19. The standard InChI is InChI=1S/C23H23FN2O3S/c1-16(2)17-7-11-20(12-8-17)25-23(27)18-5-4-6-22(15-18)30(28,29)26(3)21-13-9-19(24)10-14-21/h4-16H,1-3H3,(H,25,27). The highest BCUT2D eigenvalue weighted by Gasteiger charge is 2.22. The molecular formula is C23H23FN2O3S. The first-order valence-corrected chi connectivity index (χ1v) is 10.9. The summed E-state index contributed by atoms with van der Waals surface area (Å²) in [4.78, 5) is 12.6. The Morgan fingerprint density at radius 1 is 0.967 bits per heavy atom. The van der Waals surface area contributed by atoms with Gasteiger partial charge in [0, 0.05) is 18.3 Å². The summed E-state index contributed by atoms with van der Waals surface area (Å²) < 4.78 is 40.1. The van der Waals surface area contributed by atoms with Crippen LogP contribution in [0.4, 0.5) is 15.8 Å². The lowest BCUT2D eigenvalue weighted by Gasteiger charge is -2.20. The van der Waals surface area contributed by atoms with Gasteiger partial charge in [-0.1, -0.05) is 32.0 Å². The molecule has 0 bridgehead atoms. The highest BCUT2D eigenvalue weighted by Crippen LogP contribution is 2.23. The summed E-state index contributed by atoms with van der Waals surface area (Å²) in [7, 11) is -2.54. The molecular weight excluding hydrogens is 403 g/mol. The molecule has 5 nitrogen and oxygen atoms in total. The third-order valence-corrected chi connectivity index (χ3v) is 6.56. The molecule has 7 heteroatoms. The van der Waals surface area contributed by atoms with Gasteiger partial charge in [0.25, 0.3) is 15.9 Å². The van der Waals surface area contributed by atoms with Crippen molar-refractivity contribution in [1.29, 1.82) is 0 Å². The van der Waals surface area contributed by atoms with Gasteiger partial charge < -0.3 is 5.32 Å². The number of benzene rings is 3. The van der Waals surface area contributed by atoms with Gasteiger partial charge in [0.1, 0.15) is 5.82 Å². The molecule has 0 aliphatic carbocycles. The topological polar surface area (TPSA) is 66.5 Å². The average Bonchev–Trinajstić information content (AvgIpc) is 2.74. The van der Waals surface area contributed by atoms with Gasteiger partial charge >= 0.3 is 0 Å². The zero-order valence-electron chi connectivity index (χ0n) is 17.0. The largest absolute Gasteiger partial charge is 0.322 e. The van der Waals surface area contributed by atoms with Crippen LogP contribution in [0.3, 0.4) is 0 Å². The van der Waals surface area contributed by atoms with Crippen LogP contribution in [0, 0.1) is 5.82 Å². The van der Waals surface area contributed by atoms with Crippen molar-refractivity contribution in [3.8, 4) is 0 Å². The summed E-state index contributed by atoms with van der Waals surface area (Å²) in [5, 5.41) is 2.78. The number of nitrogens with zero attached hydrogens (tertiary/aromatic N) is 1. The Kier molecular flexibility index (Phi) is 6.22. The maximum Gasteiger partial charge on any atom is 0.264 e. The molecule has 30 heavy (non-hydrogen) atoms. The zero-order chi connectivity index (χ0) is 21.9. The Morgan fingerprint density at radius 2 is 1.60 bits per heavy atom. The van der Waals surface area contributed by atoms with Crippen LogP contribution in [0.2, 0.25) is 0 Å². The van der Waals surface area contributed by atoms with Gasteiger partial charge in [-0.15, -0.1) is 0 Å². The predicted molar refractivity (Wildman–Crippen MR) is 117 cm³/mol. The van der Waals surface area contributed by atoms with Crippen molar-refractivity contribution in [1.82, 2.24) is 0 Å². The fourth-order valence-corrected chi connectivity index (χ4v) is 4.14. The number of carbonyl (C=O) groups is 1. The number of anilines is 2. The number of hydrogen-bond donors (Lipinski definition) is 1. The minimum Gasteiger partial charge on any atom is -0.322 e. The minimum atomic E-state index is -3.92. The fourth-order valence-electron chi connectivity index (χ4n) is 2.90. The molecule has 0 aliphatic heterocycles. The third-order valence-electron chi connectivity index (χ3n) is 4.78. The lowest BCUT2D eigenvalue weighted by molar-refractivity contribution is 0.102.